The van der Waals surface area contributed by atoms with Crippen molar-refractivity contribution in [1.82, 2.24) is 4.98 Å². The quantitative estimate of drug-likeness (QED) is 0.712. The predicted molar refractivity (Wildman–Crippen MR) is 57.6 cm³/mol. The minimum Gasteiger partial charge on any atom is -0.364 e. The SMILES string of the molecule is NCC1CCN1c1cccc(C(N)=O)n1. The molecule has 1 unspecified atom stereocenters. The van der Waals surface area contributed by atoms with Crippen molar-refractivity contribution in [2.24, 2.45) is 11.5 Å². The maximum atomic E-state index is 10.9. The van der Waals surface area contributed by atoms with Crippen LogP contribution in [0.5, 0.6) is 0 Å². The van der Waals surface area contributed by atoms with Crippen LogP contribution in [0.15, 0.2) is 18.2 Å². The lowest BCUT2D eigenvalue weighted by Gasteiger charge is -2.41. The second-order valence-corrected chi connectivity index (χ2v) is 3.62. The number of carbonyl (C=O) groups is 1. The Bertz CT molecular complexity index is 377. The highest BCUT2D eigenvalue weighted by atomic mass is 16.1. The first-order valence-corrected chi connectivity index (χ1v) is 4.96. The summed E-state index contributed by atoms with van der Waals surface area (Å²) in [7, 11) is 0. The highest BCUT2D eigenvalue weighted by Gasteiger charge is 2.27. The topological polar surface area (TPSA) is 85.2 Å². The highest BCUT2D eigenvalue weighted by Crippen LogP contribution is 2.23. The summed E-state index contributed by atoms with van der Waals surface area (Å²) in [6.07, 6.45) is 1.08. The number of amides is 1. The van der Waals surface area contributed by atoms with E-state index in [0.29, 0.717) is 18.3 Å². The molecule has 0 saturated carbocycles. The summed E-state index contributed by atoms with van der Waals surface area (Å²) in [5.41, 5.74) is 11.1. The lowest BCUT2D eigenvalue weighted by Crippen LogP contribution is -2.52. The number of primary amides is 1. The third kappa shape index (κ3) is 1.78. The molecule has 0 bridgehead atoms. The van der Waals surface area contributed by atoms with Crippen molar-refractivity contribution in [1.29, 1.82) is 0 Å². The summed E-state index contributed by atoms with van der Waals surface area (Å²) in [5, 5.41) is 0. The van der Waals surface area contributed by atoms with Crippen molar-refractivity contribution >= 4 is 11.7 Å². The van der Waals surface area contributed by atoms with Crippen molar-refractivity contribution < 1.29 is 4.79 Å². The van der Waals surface area contributed by atoms with Crippen molar-refractivity contribution in [2.45, 2.75) is 12.5 Å². The van der Waals surface area contributed by atoms with Gasteiger partial charge in [0.05, 0.1) is 0 Å². The van der Waals surface area contributed by atoms with E-state index in [4.69, 9.17) is 11.5 Å². The monoisotopic (exact) mass is 206 g/mol. The van der Waals surface area contributed by atoms with E-state index in [1.54, 1.807) is 12.1 Å². The van der Waals surface area contributed by atoms with Crippen LogP contribution in [0.3, 0.4) is 0 Å². The minimum absolute atomic E-state index is 0.301. The van der Waals surface area contributed by atoms with Crippen LogP contribution in [0.4, 0.5) is 5.82 Å². The zero-order chi connectivity index (χ0) is 10.8. The maximum Gasteiger partial charge on any atom is 0.267 e. The lowest BCUT2D eigenvalue weighted by atomic mass is 10.0. The van der Waals surface area contributed by atoms with Crippen LogP contribution < -0.4 is 16.4 Å². The summed E-state index contributed by atoms with van der Waals surface area (Å²) in [5.74, 6) is 0.287. The van der Waals surface area contributed by atoms with Crippen LogP contribution in [0.2, 0.25) is 0 Å². The maximum absolute atomic E-state index is 10.9. The molecule has 15 heavy (non-hydrogen) atoms. The van der Waals surface area contributed by atoms with Crippen LogP contribution in [-0.2, 0) is 0 Å². The van der Waals surface area contributed by atoms with Crippen LogP contribution in [0.25, 0.3) is 0 Å². The number of rotatable bonds is 3. The summed E-state index contributed by atoms with van der Waals surface area (Å²) in [4.78, 5) is 17.2. The molecule has 0 radical (unpaired) electrons. The molecule has 2 heterocycles. The van der Waals surface area contributed by atoms with Gasteiger partial charge in [-0.05, 0) is 18.6 Å². The number of hydrogen-bond acceptors (Lipinski definition) is 4. The number of carbonyl (C=O) groups excluding carboxylic acids is 1. The van der Waals surface area contributed by atoms with Crippen molar-refractivity contribution in [3.05, 3.63) is 23.9 Å². The third-order valence-electron chi connectivity index (χ3n) is 2.70. The van der Waals surface area contributed by atoms with E-state index in [-0.39, 0.29) is 0 Å². The zero-order valence-corrected chi connectivity index (χ0v) is 8.39. The van der Waals surface area contributed by atoms with Gasteiger partial charge in [-0.15, -0.1) is 0 Å². The Kier molecular flexibility index (Phi) is 2.55. The molecular formula is C10H14N4O. The molecule has 1 aromatic heterocycles. The van der Waals surface area contributed by atoms with E-state index >= 15 is 0 Å². The minimum atomic E-state index is -0.498. The van der Waals surface area contributed by atoms with Crippen LogP contribution >= 0.6 is 0 Å². The van der Waals surface area contributed by atoms with E-state index < -0.39 is 5.91 Å². The molecule has 80 valence electrons. The Morgan fingerprint density at radius 2 is 2.40 bits per heavy atom. The second kappa shape index (κ2) is 3.86. The molecule has 1 aromatic rings. The molecule has 5 heteroatoms. The van der Waals surface area contributed by atoms with Gasteiger partial charge in [-0.1, -0.05) is 6.07 Å². The van der Waals surface area contributed by atoms with Gasteiger partial charge in [-0.25, -0.2) is 4.98 Å². The predicted octanol–water partition coefficient (Wildman–Crippen LogP) is -0.282. The molecule has 4 N–H and O–H groups in total. The molecule has 0 spiro atoms. The third-order valence-corrected chi connectivity index (χ3v) is 2.70. The molecule has 0 aliphatic carbocycles. The number of nitrogens with zero attached hydrogens (tertiary/aromatic N) is 2. The molecule has 2 rings (SSSR count). The molecule has 5 nitrogen and oxygen atoms in total. The van der Waals surface area contributed by atoms with E-state index in [1.807, 2.05) is 6.07 Å². The average Bonchev–Trinajstić information content (AvgIpc) is 2.17. The molecule has 1 amide bonds. The fraction of sp³-hybridized carbons (Fsp3) is 0.400. The molecule has 1 aliphatic heterocycles. The van der Waals surface area contributed by atoms with E-state index in [0.717, 1.165) is 18.8 Å². The van der Waals surface area contributed by atoms with Gasteiger partial charge in [-0.3, -0.25) is 4.79 Å². The Morgan fingerprint density at radius 1 is 1.60 bits per heavy atom. The van der Waals surface area contributed by atoms with Gasteiger partial charge >= 0.3 is 0 Å². The normalized spacial score (nSPS) is 19.8. The van der Waals surface area contributed by atoms with Gasteiger partial charge in [0, 0.05) is 19.1 Å². The smallest absolute Gasteiger partial charge is 0.267 e. The lowest BCUT2D eigenvalue weighted by molar-refractivity contribution is 0.0995. The van der Waals surface area contributed by atoms with Gasteiger partial charge in [0.2, 0.25) is 0 Å². The Hall–Kier alpha value is -1.62. The Morgan fingerprint density at radius 3 is 2.93 bits per heavy atom. The van der Waals surface area contributed by atoms with Crippen molar-refractivity contribution in [3.63, 3.8) is 0 Å². The summed E-state index contributed by atoms with van der Waals surface area (Å²) >= 11 is 0. The van der Waals surface area contributed by atoms with Gasteiger partial charge < -0.3 is 16.4 Å². The number of nitrogens with two attached hydrogens (primary N) is 2. The summed E-state index contributed by atoms with van der Waals surface area (Å²) in [6.45, 7) is 1.56. The van der Waals surface area contributed by atoms with Crippen molar-refractivity contribution in [3.8, 4) is 0 Å². The van der Waals surface area contributed by atoms with Gasteiger partial charge in [0.1, 0.15) is 11.5 Å². The molecule has 1 aliphatic rings. The molecule has 1 saturated heterocycles. The van der Waals surface area contributed by atoms with Crippen LogP contribution in [0.1, 0.15) is 16.9 Å². The first kappa shape index (κ1) is 9.92. The van der Waals surface area contributed by atoms with Gasteiger partial charge in [-0.2, -0.15) is 0 Å². The Labute approximate surface area is 88.1 Å². The average molecular weight is 206 g/mol. The van der Waals surface area contributed by atoms with E-state index in [1.165, 1.54) is 0 Å². The standard InChI is InChI=1S/C10H14N4O/c11-6-7-4-5-14(7)9-3-1-2-8(13-9)10(12)15/h1-3,7H,4-6,11H2,(H2,12,15). The first-order chi connectivity index (χ1) is 7.22. The zero-order valence-electron chi connectivity index (χ0n) is 8.39. The fourth-order valence-electron chi connectivity index (χ4n) is 1.71. The molecule has 1 atom stereocenters. The van der Waals surface area contributed by atoms with Gasteiger partial charge in [0.15, 0.2) is 0 Å². The number of aromatic nitrogens is 1. The molecular weight excluding hydrogens is 192 g/mol. The first-order valence-electron chi connectivity index (χ1n) is 4.96. The van der Waals surface area contributed by atoms with Crippen molar-refractivity contribution in [2.75, 3.05) is 18.0 Å². The van der Waals surface area contributed by atoms with E-state index in [2.05, 4.69) is 9.88 Å². The molecule has 0 aromatic carbocycles. The molecule has 1 fully saturated rings. The fourth-order valence-corrected chi connectivity index (χ4v) is 1.71. The number of anilines is 1. The highest BCUT2D eigenvalue weighted by molar-refractivity contribution is 5.91. The Balaban J connectivity index is 2.21. The van der Waals surface area contributed by atoms with Crippen LogP contribution in [-0.4, -0.2) is 30.0 Å². The summed E-state index contributed by atoms with van der Waals surface area (Å²) < 4.78 is 0. The van der Waals surface area contributed by atoms with Crippen LogP contribution in [0, 0.1) is 0 Å². The van der Waals surface area contributed by atoms with Gasteiger partial charge in [0.25, 0.3) is 5.91 Å². The summed E-state index contributed by atoms with van der Waals surface area (Å²) in [6, 6.07) is 5.62. The van der Waals surface area contributed by atoms with E-state index in [9.17, 15) is 4.79 Å². The number of pyridine rings is 1. The second-order valence-electron chi connectivity index (χ2n) is 3.62. The largest absolute Gasteiger partial charge is 0.364 e. The number of hydrogen-bond donors (Lipinski definition) is 2.